The van der Waals surface area contributed by atoms with E-state index in [0.29, 0.717) is 12.0 Å². The molecule has 0 saturated heterocycles. The lowest BCUT2D eigenvalue weighted by Gasteiger charge is -2.29. The van der Waals surface area contributed by atoms with E-state index in [9.17, 15) is 0 Å². The molecular formula is C15H19N. The Hall–Kier alpha value is -1.34. The van der Waals surface area contributed by atoms with Crippen LogP contribution in [0.5, 0.6) is 0 Å². The van der Waals surface area contributed by atoms with Gasteiger partial charge in [0.15, 0.2) is 0 Å². The van der Waals surface area contributed by atoms with Gasteiger partial charge < -0.3 is 5.32 Å². The first kappa shape index (κ1) is 11.2. The van der Waals surface area contributed by atoms with Crippen molar-refractivity contribution in [2.45, 2.75) is 19.9 Å². The zero-order valence-electron chi connectivity index (χ0n) is 9.98. The minimum atomic E-state index is 0.484. The maximum absolute atomic E-state index is 3.56. The van der Waals surface area contributed by atoms with Gasteiger partial charge in [0.1, 0.15) is 0 Å². The van der Waals surface area contributed by atoms with E-state index < -0.39 is 0 Å². The van der Waals surface area contributed by atoms with Gasteiger partial charge in [0.2, 0.25) is 0 Å². The molecule has 1 heterocycles. The summed E-state index contributed by atoms with van der Waals surface area (Å²) in [5.74, 6) is 0.508. The summed E-state index contributed by atoms with van der Waals surface area (Å²) in [7, 11) is 0. The third-order valence-electron chi connectivity index (χ3n) is 3.13. The monoisotopic (exact) mass is 213 g/mol. The summed E-state index contributed by atoms with van der Waals surface area (Å²) in [6.07, 6.45) is 17.6. The van der Waals surface area contributed by atoms with Crippen molar-refractivity contribution < 1.29 is 0 Å². The van der Waals surface area contributed by atoms with Crippen LogP contribution in [-0.4, -0.2) is 12.6 Å². The summed E-state index contributed by atoms with van der Waals surface area (Å²) in [5, 5.41) is 3.56. The fraction of sp³-hybridized carbons (Fsp3) is 0.333. The van der Waals surface area contributed by atoms with E-state index >= 15 is 0 Å². The molecule has 1 N–H and O–H groups in total. The molecule has 0 aromatic carbocycles. The van der Waals surface area contributed by atoms with Crippen LogP contribution in [0.2, 0.25) is 0 Å². The lowest BCUT2D eigenvalue weighted by molar-refractivity contribution is 0.524. The van der Waals surface area contributed by atoms with Gasteiger partial charge in [-0.05, 0) is 25.0 Å². The van der Waals surface area contributed by atoms with E-state index in [2.05, 4.69) is 67.8 Å². The van der Waals surface area contributed by atoms with E-state index in [1.165, 1.54) is 11.1 Å². The lowest BCUT2D eigenvalue weighted by Crippen LogP contribution is -2.39. The van der Waals surface area contributed by atoms with Gasteiger partial charge in [-0.25, -0.2) is 0 Å². The molecule has 0 saturated carbocycles. The maximum atomic E-state index is 3.56. The average Bonchev–Trinajstić information content (AvgIpc) is 2.35. The molecule has 0 amide bonds. The Bertz CT molecular complexity index is 394. The van der Waals surface area contributed by atoms with Crippen molar-refractivity contribution in [1.82, 2.24) is 5.32 Å². The van der Waals surface area contributed by atoms with Gasteiger partial charge in [-0.15, -0.1) is 0 Å². The molecule has 2 aliphatic rings. The van der Waals surface area contributed by atoms with Crippen LogP contribution in [0.15, 0.2) is 59.8 Å². The molecule has 0 fully saturated rings. The Morgan fingerprint density at radius 1 is 1.31 bits per heavy atom. The predicted octanol–water partition coefficient (Wildman–Crippen LogP) is 3.15. The zero-order valence-corrected chi connectivity index (χ0v) is 9.98. The number of rotatable bonds is 2. The molecule has 2 atom stereocenters. The Morgan fingerprint density at radius 3 is 2.88 bits per heavy atom. The summed E-state index contributed by atoms with van der Waals surface area (Å²) in [4.78, 5) is 0. The Morgan fingerprint density at radius 2 is 2.12 bits per heavy atom. The number of hydrogen-bond acceptors (Lipinski definition) is 1. The van der Waals surface area contributed by atoms with Crippen molar-refractivity contribution in [3.8, 4) is 0 Å². The molecule has 0 spiro atoms. The standard InChI is InChI=1S/C15H19N/c1-3-7-12(4-2)14-10-13-8-5-6-9-15(13)16-11-14/h3-10,13,15-16H,11H2,1-2H3/b7-3-,12-4+. The minimum Gasteiger partial charge on any atom is -0.306 e. The van der Waals surface area contributed by atoms with Crippen LogP contribution in [0, 0.1) is 5.92 Å². The molecule has 0 bridgehead atoms. The third kappa shape index (κ3) is 2.25. The van der Waals surface area contributed by atoms with E-state index in [4.69, 9.17) is 0 Å². The van der Waals surface area contributed by atoms with Crippen molar-refractivity contribution in [3.05, 3.63) is 59.8 Å². The molecule has 1 aliphatic heterocycles. The molecule has 2 rings (SSSR count). The number of allylic oxidation sites excluding steroid dienone is 5. The molecule has 1 nitrogen and oxygen atoms in total. The third-order valence-corrected chi connectivity index (χ3v) is 3.13. The van der Waals surface area contributed by atoms with Crippen LogP contribution in [-0.2, 0) is 0 Å². The molecular weight excluding hydrogens is 194 g/mol. The van der Waals surface area contributed by atoms with Gasteiger partial charge in [0.05, 0.1) is 0 Å². The van der Waals surface area contributed by atoms with E-state index in [-0.39, 0.29) is 0 Å². The number of nitrogens with one attached hydrogen (secondary N) is 1. The van der Waals surface area contributed by atoms with E-state index in [1.54, 1.807) is 0 Å². The topological polar surface area (TPSA) is 12.0 Å². The first-order valence-corrected chi connectivity index (χ1v) is 5.93. The summed E-state index contributed by atoms with van der Waals surface area (Å²) in [5.41, 5.74) is 2.73. The normalized spacial score (nSPS) is 29.4. The second-order valence-electron chi connectivity index (χ2n) is 4.19. The smallest absolute Gasteiger partial charge is 0.0354 e. The van der Waals surface area contributed by atoms with Crippen LogP contribution in [0.25, 0.3) is 0 Å². The fourth-order valence-corrected chi connectivity index (χ4v) is 2.27. The van der Waals surface area contributed by atoms with E-state index in [0.717, 1.165) is 6.54 Å². The summed E-state index contributed by atoms with van der Waals surface area (Å²) < 4.78 is 0. The number of fused-ring (bicyclic) bond motifs is 1. The number of hydrogen-bond donors (Lipinski definition) is 1. The Balaban J connectivity index is 2.22. The Kier molecular flexibility index (Phi) is 3.58. The zero-order chi connectivity index (χ0) is 11.4. The van der Waals surface area contributed by atoms with Crippen LogP contribution < -0.4 is 5.32 Å². The molecule has 0 aromatic rings. The largest absolute Gasteiger partial charge is 0.306 e. The van der Waals surface area contributed by atoms with Crippen molar-refractivity contribution in [2.24, 2.45) is 5.92 Å². The van der Waals surface area contributed by atoms with Gasteiger partial charge in [-0.2, -0.15) is 0 Å². The van der Waals surface area contributed by atoms with Crippen LogP contribution >= 0.6 is 0 Å². The highest BCUT2D eigenvalue weighted by Gasteiger charge is 2.21. The molecule has 0 aromatic heterocycles. The first-order valence-electron chi connectivity index (χ1n) is 5.93. The first-order chi connectivity index (χ1) is 7.85. The quantitative estimate of drug-likeness (QED) is 0.695. The summed E-state index contributed by atoms with van der Waals surface area (Å²) >= 11 is 0. The average molecular weight is 213 g/mol. The second kappa shape index (κ2) is 5.13. The van der Waals surface area contributed by atoms with Crippen molar-refractivity contribution >= 4 is 0 Å². The maximum Gasteiger partial charge on any atom is 0.0354 e. The van der Waals surface area contributed by atoms with Gasteiger partial charge in [0.25, 0.3) is 0 Å². The predicted molar refractivity (Wildman–Crippen MR) is 70.2 cm³/mol. The van der Waals surface area contributed by atoms with Crippen LogP contribution in [0.1, 0.15) is 13.8 Å². The van der Waals surface area contributed by atoms with Gasteiger partial charge in [-0.3, -0.25) is 0 Å². The van der Waals surface area contributed by atoms with Gasteiger partial charge >= 0.3 is 0 Å². The lowest BCUT2D eigenvalue weighted by atomic mass is 9.87. The molecule has 0 radical (unpaired) electrons. The molecule has 1 heteroatoms. The highest BCUT2D eigenvalue weighted by Crippen LogP contribution is 2.24. The fourth-order valence-electron chi connectivity index (χ4n) is 2.27. The summed E-state index contributed by atoms with van der Waals surface area (Å²) in [6, 6.07) is 0.484. The van der Waals surface area contributed by atoms with Crippen molar-refractivity contribution in [3.63, 3.8) is 0 Å². The molecule has 16 heavy (non-hydrogen) atoms. The molecule has 1 aliphatic carbocycles. The van der Waals surface area contributed by atoms with Gasteiger partial charge in [0, 0.05) is 18.5 Å². The minimum absolute atomic E-state index is 0.484. The van der Waals surface area contributed by atoms with Crippen LogP contribution in [0.4, 0.5) is 0 Å². The van der Waals surface area contributed by atoms with Gasteiger partial charge in [-0.1, -0.05) is 48.6 Å². The van der Waals surface area contributed by atoms with Crippen molar-refractivity contribution in [1.29, 1.82) is 0 Å². The molecule has 2 unspecified atom stereocenters. The SMILES string of the molecule is C/C=C\C(=C/C)C1=CC2C=CC=CC2NC1. The Labute approximate surface area is 97.9 Å². The second-order valence-corrected chi connectivity index (χ2v) is 4.19. The van der Waals surface area contributed by atoms with Crippen molar-refractivity contribution in [2.75, 3.05) is 6.54 Å². The highest BCUT2D eigenvalue weighted by molar-refractivity contribution is 5.43. The summed E-state index contributed by atoms with van der Waals surface area (Å²) in [6.45, 7) is 5.12. The molecule has 84 valence electrons. The van der Waals surface area contributed by atoms with Crippen LogP contribution in [0.3, 0.4) is 0 Å². The highest BCUT2D eigenvalue weighted by atomic mass is 14.9. The van der Waals surface area contributed by atoms with E-state index in [1.807, 2.05) is 0 Å².